The van der Waals surface area contributed by atoms with Crippen LogP contribution in [0.5, 0.6) is 0 Å². The second kappa shape index (κ2) is 6.98. The quantitative estimate of drug-likeness (QED) is 0.492. The molecule has 0 atom stereocenters. The van der Waals surface area contributed by atoms with Gasteiger partial charge in [0.2, 0.25) is 11.6 Å². The maximum atomic E-state index is 12.2. The van der Waals surface area contributed by atoms with Crippen LogP contribution in [-0.2, 0) is 23.1 Å². The molecule has 0 bridgehead atoms. The molecule has 0 radical (unpaired) electrons. The first-order chi connectivity index (χ1) is 12.0. The molecule has 0 saturated heterocycles. The van der Waals surface area contributed by atoms with Gasteiger partial charge < -0.3 is 9.30 Å². The Hall–Kier alpha value is -2.81. The van der Waals surface area contributed by atoms with E-state index in [1.165, 1.54) is 11.3 Å². The number of ketones is 1. The number of thiophene rings is 1. The summed E-state index contributed by atoms with van der Waals surface area (Å²) in [6.45, 7) is 3.26. The number of esters is 1. The lowest BCUT2D eigenvalue weighted by atomic mass is 10.1. The van der Waals surface area contributed by atoms with Gasteiger partial charge in [0.05, 0.1) is 0 Å². The van der Waals surface area contributed by atoms with Crippen molar-refractivity contribution in [3.05, 3.63) is 39.8 Å². The van der Waals surface area contributed by atoms with Crippen molar-refractivity contribution in [2.24, 2.45) is 7.05 Å². The standard InChI is InChI=1S/C16H17N5O3S/c1-10-6-13(11(2)20(10)3)14(22)8-24-15(23)7-21-18-16(17-19-21)12-4-5-25-9-12/h4-6,9H,7-8H2,1-3H3. The van der Waals surface area contributed by atoms with Crippen molar-refractivity contribution >= 4 is 23.1 Å². The molecule has 0 unspecified atom stereocenters. The molecule has 25 heavy (non-hydrogen) atoms. The largest absolute Gasteiger partial charge is 0.456 e. The third kappa shape index (κ3) is 3.66. The highest BCUT2D eigenvalue weighted by molar-refractivity contribution is 7.08. The number of tetrazole rings is 1. The highest BCUT2D eigenvalue weighted by Gasteiger charge is 2.17. The fraction of sp³-hybridized carbons (Fsp3) is 0.312. The minimum atomic E-state index is -0.590. The number of nitrogens with zero attached hydrogens (tertiary/aromatic N) is 5. The monoisotopic (exact) mass is 359 g/mol. The zero-order chi connectivity index (χ0) is 18.0. The molecule has 9 heteroatoms. The Morgan fingerprint density at radius 3 is 2.76 bits per heavy atom. The first kappa shape index (κ1) is 17.0. The number of carbonyl (C=O) groups is 2. The molecule has 8 nitrogen and oxygen atoms in total. The van der Waals surface area contributed by atoms with Gasteiger partial charge in [-0.2, -0.15) is 16.1 Å². The van der Waals surface area contributed by atoms with Gasteiger partial charge in [0, 0.05) is 34.9 Å². The van der Waals surface area contributed by atoms with Gasteiger partial charge >= 0.3 is 5.97 Å². The molecule has 0 N–H and O–H groups in total. The fourth-order valence-electron chi connectivity index (χ4n) is 2.34. The normalized spacial score (nSPS) is 10.8. The van der Waals surface area contributed by atoms with E-state index in [0.717, 1.165) is 21.7 Å². The van der Waals surface area contributed by atoms with Crippen LogP contribution in [-0.4, -0.2) is 43.1 Å². The van der Waals surface area contributed by atoms with Crippen LogP contribution in [0.2, 0.25) is 0 Å². The summed E-state index contributed by atoms with van der Waals surface area (Å²) >= 11 is 1.52. The molecule has 3 aromatic rings. The number of hydrogen-bond donors (Lipinski definition) is 0. The Kier molecular flexibility index (Phi) is 4.75. The van der Waals surface area contributed by atoms with Gasteiger partial charge in [-0.15, -0.1) is 10.2 Å². The average molecular weight is 359 g/mol. The molecule has 0 aliphatic carbocycles. The van der Waals surface area contributed by atoms with Gasteiger partial charge in [-0.25, -0.2) is 4.79 Å². The van der Waals surface area contributed by atoms with Crippen molar-refractivity contribution < 1.29 is 14.3 Å². The molecule has 3 rings (SSSR count). The Bertz CT molecular complexity index is 911. The maximum Gasteiger partial charge on any atom is 0.330 e. The van der Waals surface area contributed by atoms with Crippen LogP contribution in [0, 0.1) is 13.8 Å². The van der Waals surface area contributed by atoms with Crippen LogP contribution in [0.15, 0.2) is 22.9 Å². The van der Waals surface area contributed by atoms with Crippen LogP contribution in [0.3, 0.4) is 0 Å². The summed E-state index contributed by atoms with van der Waals surface area (Å²) in [7, 11) is 1.88. The lowest BCUT2D eigenvalue weighted by molar-refractivity contribution is -0.143. The van der Waals surface area contributed by atoms with Crippen LogP contribution in [0.1, 0.15) is 21.7 Å². The van der Waals surface area contributed by atoms with Crippen LogP contribution in [0.25, 0.3) is 11.4 Å². The third-order valence-electron chi connectivity index (χ3n) is 3.94. The molecule has 0 aromatic carbocycles. The van der Waals surface area contributed by atoms with Crippen molar-refractivity contribution in [3.63, 3.8) is 0 Å². The second-order valence-corrected chi connectivity index (χ2v) is 6.36. The molecule has 130 valence electrons. The first-order valence-corrected chi connectivity index (χ1v) is 8.52. The Balaban J connectivity index is 1.56. The van der Waals surface area contributed by atoms with Gasteiger partial charge in [-0.3, -0.25) is 4.79 Å². The molecule has 0 amide bonds. The molecule has 0 fully saturated rings. The van der Waals surface area contributed by atoms with E-state index in [0.29, 0.717) is 11.4 Å². The first-order valence-electron chi connectivity index (χ1n) is 7.58. The summed E-state index contributed by atoms with van der Waals surface area (Å²) in [5.41, 5.74) is 3.22. The van der Waals surface area contributed by atoms with Gasteiger partial charge in [0.1, 0.15) is 0 Å². The third-order valence-corrected chi connectivity index (χ3v) is 4.63. The predicted octanol–water partition coefficient (Wildman–Crippen LogP) is 1.78. The molecule has 0 aliphatic rings. The fourth-order valence-corrected chi connectivity index (χ4v) is 2.97. The second-order valence-electron chi connectivity index (χ2n) is 5.58. The summed E-state index contributed by atoms with van der Waals surface area (Å²) in [6.07, 6.45) is 0. The summed E-state index contributed by atoms with van der Waals surface area (Å²) < 4.78 is 6.96. The van der Waals surface area contributed by atoms with Crippen LogP contribution >= 0.6 is 11.3 Å². The van der Waals surface area contributed by atoms with Gasteiger partial charge in [-0.05, 0) is 36.6 Å². The van der Waals surface area contributed by atoms with E-state index in [1.807, 2.05) is 42.3 Å². The van der Waals surface area contributed by atoms with E-state index in [-0.39, 0.29) is 18.9 Å². The van der Waals surface area contributed by atoms with E-state index in [2.05, 4.69) is 15.4 Å². The van der Waals surface area contributed by atoms with E-state index in [4.69, 9.17) is 4.74 Å². The number of aromatic nitrogens is 5. The van der Waals surface area contributed by atoms with E-state index < -0.39 is 5.97 Å². The smallest absolute Gasteiger partial charge is 0.330 e. The minimum Gasteiger partial charge on any atom is -0.456 e. The topological polar surface area (TPSA) is 91.9 Å². The van der Waals surface area contributed by atoms with Gasteiger partial charge in [-0.1, -0.05) is 0 Å². The molecule has 0 spiro atoms. The number of aryl methyl sites for hydroxylation is 1. The zero-order valence-corrected chi connectivity index (χ0v) is 14.9. The summed E-state index contributed by atoms with van der Waals surface area (Å²) in [4.78, 5) is 25.3. The summed E-state index contributed by atoms with van der Waals surface area (Å²) in [6, 6.07) is 3.66. The van der Waals surface area contributed by atoms with Crippen LogP contribution < -0.4 is 0 Å². The van der Waals surface area contributed by atoms with E-state index >= 15 is 0 Å². The molecule has 3 heterocycles. The van der Waals surface area contributed by atoms with Gasteiger partial charge in [0.15, 0.2) is 13.2 Å². The zero-order valence-electron chi connectivity index (χ0n) is 14.1. The Labute approximate surface area is 148 Å². The van der Waals surface area contributed by atoms with Crippen molar-refractivity contribution in [2.75, 3.05) is 6.61 Å². The molecular formula is C16H17N5O3S. The average Bonchev–Trinajstić information content (AvgIpc) is 3.31. The number of rotatable bonds is 6. The molecule has 3 aromatic heterocycles. The molecule has 0 saturated carbocycles. The van der Waals surface area contributed by atoms with Crippen molar-refractivity contribution in [1.29, 1.82) is 0 Å². The Morgan fingerprint density at radius 1 is 1.32 bits per heavy atom. The molecule has 0 aliphatic heterocycles. The lowest BCUT2D eigenvalue weighted by Crippen LogP contribution is -2.20. The SMILES string of the molecule is Cc1cc(C(=O)COC(=O)Cn2nnc(-c3ccsc3)n2)c(C)n1C. The summed E-state index contributed by atoms with van der Waals surface area (Å²) in [5, 5.41) is 15.6. The predicted molar refractivity (Wildman–Crippen MR) is 91.3 cm³/mol. The number of Topliss-reactive ketones (excluding diaryl/α,β-unsaturated/α-hetero) is 1. The van der Waals surface area contributed by atoms with Gasteiger partial charge in [0.25, 0.3) is 0 Å². The van der Waals surface area contributed by atoms with Crippen molar-refractivity contribution in [3.8, 4) is 11.4 Å². The molecular weight excluding hydrogens is 342 g/mol. The Morgan fingerprint density at radius 2 is 2.12 bits per heavy atom. The number of ether oxygens (including phenoxy) is 1. The number of carbonyl (C=O) groups excluding carboxylic acids is 2. The number of hydrogen-bond acceptors (Lipinski definition) is 7. The van der Waals surface area contributed by atoms with E-state index in [9.17, 15) is 9.59 Å². The summed E-state index contributed by atoms with van der Waals surface area (Å²) in [5.74, 6) is -0.381. The van der Waals surface area contributed by atoms with Crippen molar-refractivity contribution in [1.82, 2.24) is 24.8 Å². The lowest BCUT2D eigenvalue weighted by Gasteiger charge is -2.04. The van der Waals surface area contributed by atoms with Crippen LogP contribution in [0.4, 0.5) is 0 Å². The maximum absolute atomic E-state index is 12.2. The highest BCUT2D eigenvalue weighted by Crippen LogP contribution is 2.16. The highest BCUT2D eigenvalue weighted by atomic mass is 32.1. The minimum absolute atomic E-state index is 0.197. The van der Waals surface area contributed by atoms with Crippen molar-refractivity contribution in [2.45, 2.75) is 20.4 Å². The van der Waals surface area contributed by atoms with E-state index in [1.54, 1.807) is 6.07 Å².